The van der Waals surface area contributed by atoms with Gasteiger partial charge in [-0.1, -0.05) is 109 Å². The van der Waals surface area contributed by atoms with Gasteiger partial charge in [0.05, 0.1) is 22.1 Å². The molecule has 2 saturated heterocycles. The number of benzene rings is 7. The molecule has 1 unspecified atom stereocenters. The third-order valence-corrected chi connectivity index (χ3v) is 13.2. The summed E-state index contributed by atoms with van der Waals surface area (Å²) in [4.78, 5) is 33.2. The molecule has 0 saturated carbocycles. The molecule has 2 aromatic heterocycles. The summed E-state index contributed by atoms with van der Waals surface area (Å²) in [6.07, 6.45) is 0. The molecule has 2 fully saturated rings. The van der Waals surface area contributed by atoms with Gasteiger partial charge >= 0.3 is 0 Å². The van der Waals surface area contributed by atoms with Crippen molar-refractivity contribution in [3.8, 4) is 11.5 Å². The zero-order chi connectivity index (χ0) is 45.7. The van der Waals surface area contributed by atoms with Gasteiger partial charge in [0.15, 0.2) is 5.78 Å². The highest BCUT2D eigenvalue weighted by atomic mass is 16.5. The first-order valence-electron chi connectivity index (χ1n) is 23.7. The normalized spacial score (nSPS) is 14.6. The van der Waals surface area contributed by atoms with E-state index in [0.717, 1.165) is 114 Å². The fraction of sp³-hybridized carbons (Fsp3) is 0.211. The summed E-state index contributed by atoms with van der Waals surface area (Å²) in [7, 11) is 0. The first-order valence-corrected chi connectivity index (χ1v) is 23.7. The number of nitrogens with one attached hydrogen (secondary N) is 1. The lowest BCUT2D eigenvalue weighted by Gasteiger charge is -2.38. The van der Waals surface area contributed by atoms with Crippen LogP contribution in [-0.2, 0) is 19.8 Å². The Hall–Kier alpha value is -7.89. The monoisotopic (exact) mass is 898 g/mol. The third-order valence-electron chi connectivity index (χ3n) is 13.2. The number of fused-ring (bicyclic) bond motifs is 2. The molecule has 0 bridgehead atoms. The van der Waals surface area contributed by atoms with E-state index in [1.807, 2.05) is 103 Å². The molecule has 2 aliphatic rings. The molecule has 11 nitrogen and oxygen atoms in total. The van der Waals surface area contributed by atoms with E-state index < -0.39 is 6.04 Å². The Balaban J connectivity index is 0.897. The molecule has 340 valence electrons. The summed E-state index contributed by atoms with van der Waals surface area (Å²) in [5.74, 6) is 3.13. The number of aromatic nitrogens is 4. The molecule has 7 aromatic carbocycles. The zero-order valence-electron chi connectivity index (χ0n) is 38.0. The third kappa shape index (κ3) is 9.00. The first-order chi connectivity index (χ1) is 33.6. The highest BCUT2D eigenvalue weighted by molar-refractivity contribution is 6.06. The van der Waals surface area contributed by atoms with Gasteiger partial charge < -0.3 is 38.6 Å². The number of para-hydroxylation sites is 3. The molecule has 4 heterocycles. The number of hydrogen-bond acceptors (Lipinski definition) is 9. The van der Waals surface area contributed by atoms with E-state index >= 15 is 4.79 Å². The molecule has 68 heavy (non-hydrogen) atoms. The van der Waals surface area contributed by atoms with E-state index in [2.05, 4.69) is 108 Å². The van der Waals surface area contributed by atoms with Crippen LogP contribution < -0.4 is 29.5 Å². The maximum atomic E-state index is 15.7. The molecule has 0 radical (unpaired) electrons. The summed E-state index contributed by atoms with van der Waals surface area (Å²) >= 11 is 0. The second kappa shape index (κ2) is 19.5. The summed E-state index contributed by atoms with van der Waals surface area (Å²) < 4.78 is 17.0. The minimum Gasteiger partial charge on any atom is -0.486 e. The van der Waals surface area contributed by atoms with Crippen LogP contribution in [0.3, 0.4) is 0 Å². The van der Waals surface area contributed by atoms with Crippen LogP contribution in [0.1, 0.15) is 39.2 Å². The number of carbonyl (C=O) groups is 1. The standard InChI is InChI=1S/C57H54N8O3/c66-57(56(43-17-7-2-8-18-43)65-53-38-45(61-31-29-58-30-32-61)26-28-50(53)60-55(65)41-68-47-21-11-4-12-22-47)48-23-13-14-24-51(48)63-35-33-62(34-36-63)44-25-27-49-52(37-44)64(39-42-15-5-1-6-16-42)54(59-49)40-67-46-19-9-3-10-20-46/h1-28,37-38,56,58H,29-36,39-41H2. The molecule has 11 rings (SSSR count). The number of hydrogen-bond donors (Lipinski definition) is 1. The molecule has 1 atom stereocenters. The summed E-state index contributed by atoms with van der Waals surface area (Å²) in [5.41, 5.74) is 9.71. The lowest BCUT2D eigenvalue weighted by Crippen LogP contribution is -2.47. The maximum Gasteiger partial charge on any atom is 0.192 e. The van der Waals surface area contributed by atoms with Crippen LogP contribution in [-0.4, -0.2) is 77.2 Å². The number of carbonyl (C=O) groups excluding carboxylic acids is 1. The van der Waals surface area contributed by atoms with Crippen LogP contribution >= 0.6 is 0 Å². The first kappa shape index (κ1) is 42.7. The Morgan fingerprint density at radius 1 is 0.529 bits per heavy atom. The lowest BCUT2D eigenvalue weighted by atomic mass is 9.95. The van der Waals surface area contributed by atoms with E-state index in [1.54, 1.807) is 0 Å². The summed E-state index contributed by atoms with van der Waals surface area (Å²) in [5, 5.41) is 3.48. The predicted molar refractivity (Wildman–Crippen MR) is 271 cm³/mol. The fourth-order valence-corrected chi connectivity index (χ4v) is 9.74. The van der Waals surface area contributed by atoms with Gasteiger partial charge in [-0.25, -0.2) is 9.97 Å². The molecule has 0 amide bonds. The number of piperazine rings is 2. The minimum absolute atomic E-state index is 0.00578. The molecule has 0 aliphatic carbocycles. The maximum absolute atomic E-state index is 15.7. The number of anilines is 3. The number of imidazole rings is 2. The Kier molecular flexibility index (Phi) is 12.3. The van der Waals surface area contributed by atoms with Crippen LogP contribution in [0, 0.1) is 0 Å². The summed E-state index contributed by atoms with van der Waals surface area (Å²) in [6, 6.07) is 60.8. The number of nitrogens with zero attached hydrogens (tertiary/aromatic N) is 7. The Bertz CT molecular complexity index is 3130. The predicted octanol–water partition coefficient (Wildman–Crippen LogP) is 9.80. The topological polar surface area (TPSA) is 92.9 Å². The van der Waals surface area contributed by atoms with Gasteiger partial charge in [-0.3, -0.25) is 4.79 Å². The fourth-order valence-electron chi connectivity index (χ4n) is 9.74. The Morgan fingerprint density at radius 2 is 1.04 bits per heavy atom. The highest BCUT2D eigenvalue weighted by Crippen LogP contribution is 2.36. The SMILES string of the molecule is O=C(c1ccccc1N1CCN(c2ccc3nc(COc4ccccc4)n(Cc4ccccc4)c3c2)CC1)C(c1ccccc1)n1c(COc2ccccc2)nc2ccc(N3CCNCC3)cc21. The molecular weight excluding hydrogens is 845 g/mol. The van der Waals surface area contributed by atoms with E-state index in [-0.39, 0.29) is 12.4 Å². The van der Waals surface area contributed by atoms with Crippen molar-refractivity contribution in [2.45, 2.75) is 25.8 Å². The number of ketones is 1. The molecular formula is C57H54N8O3. The van der Waals surface area contributed by atoms with Crippen LogP contribution in [0.25, 0.3) is 22.1 Å². The van der Waals surface area contributed by atoms with Crippen LogP contribution in [0.5, 0.6) is 11.5 Å². The molecule has 0 spiro atoms. The highest BCUT2D eigenvalue weighted by Gasteiger charge is 2.32. The Labute approximate surface area is 396 Å². The van der Waals surface area contributed by atoms with Crippen molar-refractivity contribution < 1.29 is 14.3 Å². The lowest BCUT2D eigenvalue weighted by molar-refractivity contribution is 0.0944. The van der Waals surface area contributed by atoms with Crippen LogP contribution in [0.4, 0.5) is 17.1 Å². The van der Waals surface area contributed by atoms with Crippen molar-refractivity contribution >= 4 is 44.9 Å². The van der Waals surface area contributed by atoms with E-state index in [0.29, 0.717) is 24.5 Å². The van der Waals surface area contributed by atoms with Crippen LogP contribution in [0.15, 0.2) is 182 Å². The summed E-state index contributed by atoms with van der Waals surface area (Å²) in [6.45, 7) is 7.97. The van der Waals surface area contributed by atoms with E-state index in [1.165, 1.54) is 5.56 Å². The van der Waals surface area contributed by atoms with Gasteiger partial charge in [0.1, 0.15) is 42.4 Å². The molecule has 9 aromatic rings. The van der Waals surface area contributed by atoms with Gasteiger partial charge in [0.25, 0.3) is 0 Å². The second-order valence-corrected chi connectivity index (χ2v) is 17.5. The molecule has 2 aliphatic heterocycles. The number of Topliss-reactive ketones (excluding diaryl/α,β-unsaturated/α-hetero) is 1. The van der Waals surface area contributed by atoms with Crippen molar-refractivity contribution in [1.29, 1.82) is 0 Å². The average Bonchev–Trinajstić information content (AvgIpc) is 3.95. The number of rotatable bonds is 15. The van der Waals surface area contributed by atoms with Gasteiger partial charge in [0, 0.05) is 81.5 Å². The van der Waals surface area contributed by atoms with Crippen molar-refractivity contribution in [2.75, 3.05) is 67.1 Å². The quantitative estimate of drug-likeness (QED) is 0.101. The van der Waals surface area contributed by atoms with E-state index in [9.17, 15) is 0 Å². The van der Waals surface area contributed by atoms with Crippen LogP contribution in [0.2, 0.25) is 0 Å². The van der Waals surface area contributed by atoms with Gasteiger partial charge in [0.2, 0.25) is 0 Å². The van der Waals surface area contributed by atoms with Gasteiger partial charge in [-0.2, -0.15) is 0 Å². The second-order valence-electron chi connectivity index (χ2n) is 17.5. The molecule has 11 heteroatoms. The van der Waals surface area contributed by atoms with E-state index in [4.69, 9.17) is 19.4 Å². The number of ether oxygens (including phenoxy) is 2. The molecule has 1 N–H and O–H groups in total. The van der Waals surface area contributed by atoms with Gasteiger partial charge in [-0.05, 0) is 83.9 Å². The van der Waals surface area contributed by atoms with Crippen molar-refractivity contribution in [2.24, 2.45) is 0 Å². The van der Waals surface area contributed by atoms with Crippen molar-refractivity contribution in [3.05, 3.63) is 210 Å². The Morgan fingerprint density at radius 3 is 1.71 bits per heavy atom. The zero-order valence-corrected chi connectivity index (χ0v) is 38.0. The van der Waals surface area contributed by atoms with Crippen molar-refractivity contribution in [3.63, 3.8) is 0 Å². The largest absolute Gasteiger partial charge is 0.486 e. The van der Waals surface area contributed by atoms with Gasteiger partial charge in [-0.15, -0.1) is 0 Å². The smallest absolute Gasteiger partial charge is 0.192 e. The van der Waals surface area contributed by atoms with Crippen molar-refractivity contribution in [1.82, 2.24) is 24.4 Å². The average molecular weight is 899 g/mol. The minimum atomic E-state index is -0.702.